The van der Waals surface area contributed by atoms with Gasteiger partial charge in [0.1, 0.15) is 0 Å². The number of nitrogens with one attached hydrogen (secondary N) is 1. The minimum Gasteiger partial charge on any atom is -0.318 e. The highest BCUT2D eigenvalue weighted by molar-refractivity contribution is 4.85. The zero-order valence-electron chi connectivity index (χ0n) is 10.8. The normalized spacial score (nSPS) is 25.0. The van der Waals surface area contributed by atoms with Crippen molar-refractivity contribution in [1.82, 2.24) is 15.1 Å². The molecule has 0 aromatic carbocycles. The van der Waals surface area contributed by atoms with Crippen LogP contribution in [0.15, 0.2) is 0 Å². The summed E-state index contributed by atoms with van der Waals surface area (Å²) in [6.07, 6.45) is 1.34. The summed E-state index contributed by atoms with van der Waals surface area (Å²) in [4.78, 5) is 5.20. The summed E-state index contributed by atoms with van der Waals surface area (Å²) < 4.78 is 0. The highest BCUT2D eigenvalue weighted by Gasteiger charge is 2.28. The average molecular weight is 213 g/mol. The molecule has 0 bridgehead atoms. The summed E-state index contributed by atoms with van der Waals surface area (Å²) in [6, 6.07) is 1.47. The van der Waals surface area contributed by atoms with E-state index >= 15 is 0 Å². The topological polar surface area (TPSA) is 18.5 Å². The Hall–Kier alpha value is -0.120. The molecule has 1 N–H and O–H groups in total. The molecule has 0 radical (unpaired) electrons. The van der Waals surface area contributed by atoms with Crippen LogP contribution in [0.2, 0.25) is 0 Å². The maximum atomic E-state index is 3.26. The van der Waals surface area contributed by atoms with Crippen LogP contribution < -0.4 is 5.32 Å². The third kappa shape index (κ3) is 3.44. The highest BCUT2D eigenvalue weighted by Crippen LogP contribution is 2.17. The molecule has 15 heavy (non-hydrogen) atoms. The van der Waals surface area contributed by atoms with Gasteiger partial charge < -0.3 is 5.32 Å². The van der Waals surface area contributed by atoms with Gasteiger partial charge in [0.15, 0.2) is 0 Å². The molecule has 1 aliphatic heterocycles. The van der Waals surface area contributed by atoms with Crippen molar-refractivity contribution in [2.45, 2.75) is 39.3 Å². The van der Waals surface area contributed by atoms with Crippen LogP contribution in [0.4, 0.5) is 0 Å². The fraction of sp³-hybridized carbons (Fsp3) is 1.00. The van der Waals surface area contributed by atoms with Crippen LogP contribution in [-0.4, -0.2) is 61.7 Å². The lowest BCUT2D eigenvalue weighted by molar-refractivity contribution is 0.192. The Bertz CT molecular complexity index is 168. The third-order valence-corrected chi connectivity index (χ3v) is 3.65. The van der Waals surface area contributed by atoms with Crippen LogP contribution in [0.25, 0.3) is 0 Å². The van der Waals surface area contributed by atoms with E-state index < -0.39 is 0 Å². The first-order chi connectivity index (χ1) is 7.22. The Labute approximate surface area is 94.8 Å². The zero-order chi connectivity index (χ0) is 11.3. The van der Waals surface area contributed by atoms with Crippen molar-refractivity contribution in [2.75, 3.05) is 39.8 Å². The lowest BCUT2D eigenvalue weighted by atomic mass is 10.2. The molecule has 1 saturated heterocycles. The van der Waals surface area contributed by atoms with Crippen LogP contribution in [0, 0.1) is 0 Å². The Kier molecular flexibility index (Phi) is 5.58. The van der Waals surface area contributed by atoms with E-state index in [0.717, 1.165) is 12.6 Å². The van der Waals surface area contributed by atoms with Crippen LogP contribution >= 0.6 is 0 Å². The van der Waals surface area contributed by atoms with E-state index in [9.17, 15) is 0 Å². The molecule has 1 rings (SSSR count). The fourth-order valence-electron chi connectivity index (χ4n) is 2.63. The van der Waals surface area contributed by atoms with Gasteiger partial charge in [0.05, 0.1) is 0 Å². The molecule has 90 valence electrons. The quantitative estimate of drug-likeness (QED) is 0.710. The largest absolute Gasteiger partial charge is 0.318 e. The number of hydrogen-bond donors (Lipinski definition) is 1. The first-order valence-corrected chi connectivity index (χ1v) is 6.35. The molecule has 0 spiro atoms. The second kappa shape index (κ2) is 6.46. The van der Waals surface area contributed by atoms with Crippen LogP contribution in [0.3, 0.4) is 0 Å². The predicted octanol–water partition coefficient (Wildman–Crippen LogP) is 1.01. The van der Waals surface area contributed by atoms with Gasteiger partial charge >= 0.3 is 0 Å². The molecule has 1 aliphatic rings. The number of rotatable bonds is 6. The fourth-order valence-corrected chi connectivity index (χ4v) is 2.63. The minimum atomic E-state index is 0.676. The second-order valence-corrected chi connectivity index (χ2v) is 4.57. The Morgan fingerprint density at radius 3 is 2.60 bits per heavy atom. The number of nitrogens with zero attached hydrogens (tertiary/aromatic N) is 2. The zero-order valence-corrected chi connectivity index (χ0v) is 10.8. The summed E-state index contributed by atoms with van der Waals surface area (Å²) in [5, 5.41) is 3.26. The maximum absolute atomic E-state index is 3.26. The highest BCUT2D eigenvalue weighted by atomic mass is 15.3. The molecule has 0 amide bonds. The standard InChI is InChI=1S/C12H27N3/c1-5-14(6-2)12-7-8-15(10-12)11(3)9-13-4/h11-13H,5-10H2,1-4H3. The van der Waals surface area contributed by atoms with Crippen molar-refractivity contribution >= 4 is 0 Å². The van der Waals surface area contributed by atoms with Gasteiger partial charge in [0.2, 0.25) is 0 Å². The van der Waals surface area contributed by atoms with Crippen molar-refractivity contribution in [1.29, 1.82) is 0 Å². The van der Waals surface area contributed by atoms with Gasteiger partial charge in [-0.2, -0.15) is 0 Å². The first-order valence-electron chi connectivity index (χ1n) is 6.35. The Morgan fingerprint density at radius 1 is 1.40 bits per heavy atom. The lowest BCUT2D eigenvalue weighted by Crippen LogP contribution is -2.41. The van der Waals surface area contributed by atoms with Crippen molar-refractivity contribution in [3.63, 3.8) is 0 Å². The van der Waals surface area contributed by atoms with Gasteiger partial charge in [-0.1, -0.05) is 13.8 Å². The molecular formula is C12H27N3. The van der Waals surface area contributed by atoms with Gasteiger partial charge in [-0.15, -0.1) is 0 Å². The number of likely N-dealkylation sites (tertiary alicyclic amines) is 1. The summed E-state index contributed by atoms with van der Waals surface area (Å²) in [7, 11) is 2.04. The van der Waals surface area contributed by atoms with Crippen LogP contribution in [0.5, 0.6) is 0 Å². The van der Waals surface area contributed by atoms with Crippen molar-refractivity contribution < 1.29 is 0 Å². The Morgan fingerprint density at radius 2 is 2.07 bits per heavy atom. The predicted molar refractivity (Wildman–Crippen MR) is 66.3 cm³/mol. The number of hydrogen-bond acceptors (Lipinski definition) is 3. The summed E-state index contributed by atoms with van der Waals surface area (Å²) >= 11 is 0. The maximum Gasteiger partial charge on any atom is 0.0235 e. The van der Waals surface area contributed by atoms with E-state index in [0.29, 0.717) is 6.04 Å². The van der Waals surface area contributed by atoms with Gasteiger partial charge in [0, 0.05) is 31.7 Å². The molecule has 0 saturated carbocycles. The second-order valence-electron chi connectivity index (χ2n) is 4.57. The monoisotopic (exact) mass is 213 g/mol. The molecule has 1 heterocycles. The molecule has 2 unspecified atom stereocenters. The van der Waals surface area contributed by atoms with E-state index in [2.05, 4.69) is 35.9 Å². The van der Waals surface area contributed by atoms with E-state index in [-0.39, 0.29) is 0 Å². The minimum absolute atomic E-state index is 0.676. The van der Waals surface area contributed by atoms with E-state index in [1.165, 1.54) is 32.6 Å². The van der Waals surface area contributed by atoms with Gasteiger partial charge in [0.25, 0.3) is 0 Å². The van der Waals surface area contributed by atoms with E-state index in [1.807, 2.05) is 7.05 Å². The van der Waals surface area contributed by atoms with E-state index in [1.54, 1.807) is 0 Å². The average Bonchev–Trinajstić information content (AvgIpc) is 2.69. The van der Waals surface area contributed by atoms with Crippen LogP contribution in [0.1, 0.15) is 27.2 Å². The summed E-state index contributed by atoms with van der Waals surface area (Å²) in [5.41, 5.74) is 0. The molecule has 0 aliphatic carbocycles. The van der Waals surface area contributed by atoms with E-state index in [4.69, 9.17) is 0 Å². The summed E-state index contributed by atoms with van der Waals surface area (Å²) in [5.74, 6) is 0. The van der Waals surface area contributed by atoms with Gasteiger partial charge in [-0.05, 0) is 33.5 Å². The van der Waals surface area contributed by atoms with Gasteiger partial charge in [-0.25, -0.2) is 0 Å². The smallest absolute Gasteiger partial charge is 0.0235 e. The number of likely N-dealkylation sites (N-methyl/N-ethyl adjacent to an activating group) is 2. The molecule has 1 fully saturated rings. The molecule has 3 nitrogen and oxygen atoms in total. The Balaban J connectivity index is 2.37. The lowest BCUT2D eigenvalue weighted by Gasteiger charge is -2.28. The van der Waals surface area contributed by atoms with Crippen molar-refractivity contribution in [2.24, 2.45) is 0 Å². The first kappa shape index (κ1) is 12.9. The molecular weight excluding hydrogens is 186 g/mol. The van der Waals surface area contributed by atoms with Crippen molar-refractivity contribution in [3.05, 3.63) is 0 Å². The van der Waals surface area contributed by atoms with Crippen molar-refractivity contribution in [3.8, 4) is 0 Å². The van der Waals surface area contributed by atoms with Gasteiger partial charge in [-0.3, -0.25) is 9.80 Å². The SMILES string of the molecule is CCN(CC)C1CCN(C(C)CNC)C1. The molecule has 0 aromatic rings. The third-order valence-electron chi connectivity index (χ3n) is 3.65. The summed E-state index contributed by atoms with van der Waals surface area (Å²) in [6.45, 7) is 12.9. The van der Waals surface area contributed by atoms with Crippen LogP contribution in [-0.2, 0) is 0 Å². The molecule has 0 aromatic heterocycles. The molecule has 2 atom stereocenters. The molecule has 3 heteroatoms.